The lowest BCUT2D eigenvalue weighted by Gasteiger charge is -2.26. The maximum atomic E-state index is 13.3. The number of nitriles is 1. The molecule has 4 rings (SSSR count). The molecule has 0 unspecified atom stereocenters. The molecule has 0 fully saturated rings. The number of hydrogen-bond acceptors (Lipinski definition) is 8. The Morgan fingerprint density at radius 3 is 2.65 bits per heavy atom. The zero-order chi connectivity index (χ0) is 22.3. The summed E-state index contributed by atoms with van der Waals surface area (Å²) in [6, 6.07) is 3.36. The smallest absolute Gasteiger partial charge is 0.349 e. The molecule has 3 heterocycles. The number of fused-ring (bicyclic) bond motifs is 1. The number of halogens is 4. The summed E-state index contributed by atoms with van der Waals surface area (Å²) in [7, 11) is 1.67. The van der Waals surface area contributed by atoms with E-state index in [1.807, 2.05) is 6.07 Å². The Morgan fingerprint density at radius 2 is 1.97 bits per heavy atom. The molecule has 0 saturated heterocycles. The Balaban J connectivity index is 1.79. The second kappa shape index (κ2) is 7.75. The number of hydrogen-bond donors (Lipinski definition) is 0. The van der Waals surface area contributed by atoms with Gasteiger partial charge in [-0.1, -0.05) is 22.9 Å². The normalized spacial score (nSPS) is 12.7. The van der Waals surface area contributed by atoms with Crippen LogP contribution in [0.1, 0.15) is 29.2 Å². The van der Waals surface area contributed by atoms with Crippen molar-refractivity contribution in [2.45, 2.75) is 19.1 Å². The SMILES string of the molecule is C[C@@H](c1ncnn1-c1ncc(C#N)s1)N(C)c1ncnc2c(Cl)cc(C(F)(F)F)cc12. The van der Waals surface area contributed by atoms with Gasteiger partial charge >= 0.3 is 6.18 Å². The van der Waals surface area contributed by atoms with Gasteiger partial charge in [0.2, 0.25) is 5.13 Å². The van der Waals surface area contributed by atoms with E-state index in [1.54, 1.807) is 18.9 Å². The van der Waals surface area contributed by atoms with Crippen molar-refractivity contribution >= 4 is 39.7 Å². The monoisotopic (exact) mass is 464 g/mol. The molecule has 0 aliphatic carbocycles. The van der Waals surface area contributed by atoms with E-state index in [0.717, 1.165) is 23.5 Å². The maximum Gasteiger partial charge on any atom is 0.416 e. The van der Waals surface area contributed by atoms with Crippen molar-refractivity contribution in [1.82, 2.24) is 29.7 Å². The number of anilines is 1. The van der Waals surface area contributed by atoms with Crippen LogP contribution in [0.2, 0.25) is 5.02 Å². The van der Waals surface area contributed by atoms with E-state index < -0.39 is 17.8 Å². The first-order valence-electron chi connectivity index (χ1n) is 8.71. The summed E-state index contributed by atoms with van der Waals surface area (Å²) >= 11 is 7.22. The molecule has 0 spiro atoms. The van der Waals surface area contributed by atoms with Crippen molar-refractivity contribution in [3.63, 3.8) is 0 Å². The van der Waals surface area contributed by atoms with Crippen LogP contribution < -0.4 is 4.90 Å². The highest BCUT2D eigenvalue weighted by Crippen LogP contribution is 2.38. The highest BCUT2D eigenvalue weighted by Gasteiger charge is 2.32. The molecular formula is C18H12ClF3N8S. The minimum absolute atomic E-state index is 0.121. The van der Waals surface area contributed by atoms with Gasteiger partial charge in [0.05, 0.1) is 28.3 Å². The number of alkyl halides is 3. The minimum Gasteiger partial charge on any atom is -0.349 e. The van der Waals surface area contributed by atoms with Gasteiger partial charge < -0.3 is 4.90 Å². The van der Waals surface area contributed by atoms with Crippen molar-refractivity contribution in [2.75, 3.05) is 11.9 Å². The molecule has 0 saturated carbocycles. The summed E-state index contributed by atoms with van der Waals surface area (Å²) in [5, 5.41) is 13.7. The van der Waals surface area contributed by atoms with Crippen LogP contribution in [0.4, 0.5) is 19.0 Å². The first-order chi connectivity index (χ1) is 14.7. The standard InChI is InChI=1S/C18H12ClF3N8S/c1-9(15-27-8-28-30(15)17-24-6-11(5-23)31-17)29(2)16-12-3-10(18(20,21)22)4-13(19)14(12)25-7-26-16/h3-4,6-9H,1-2H3/t9-/m0/s1. The van der Waals surface area contributed by atoms with Gasteiger partial charge in [-0.15, -0.1) is 0 Å². The molecule has 0 N–H and O–H groups in total. The van der Waals surface area contributed by atoms with E-state index in [4.69, 9.17) is 16.9 Å². The highest BCUT2D eigenvalue weighted by atomic mass is 35.5. The highest BCUT2D eigenvalue weighted by molar-refractivity contribution is 7.14. The van der Waals surface area contributed by atoms with Crippen LogP contribution in [-0.2, 0) is 6.18 Å². The largest absolute Gasteiger partial charge is 0.416 e. The Kier molecular flexibility index (Phi) is 5.24. The van der Waals surface area contributed by atoms with E-state index in [-0.39, 0.29) is 21.7 Å². The zero-order valence-corrected chi connectivity index (χ0v) is 17.5. The lowest BCUT2D eigenvalue weighted by Crippen LogP contribution is -2.26. The van der Waals surface area contributed by atoms with Crippen LogP contribution in [0, 0.1) is 11.3 Å². The molecule has 1 aromatic carbocycles. The van der Waals surface area contributed by atoms with E-state index in [2.05, 4.69) is 25.0 Å². The fourth-order valence-corrected chi connectivity index (χ4v) is 3.96. The summed E-state index contributed by atoms with van der Waals surface area (Å²) < 4.78 is 41.4. The Morgan fingerprint density at radius 1 is 1.19 bits per heavy atom. The summed E-state index contributed by atoms with van der Waals surface area (Å²) in [5.74, 6) is 0.711. The second-order valence-electron chi connectivity index (χ2n) is 6.49. The molecule has 1 atom stereocenters. The summed E-state index contributed by atoms with van der Waals surface area (Å²) in [6.07, 6.45) is -0.564. The fraction of sp³-hybridized carbons (Fsp3) is 0.222. The number of aromatic nitrogens is 6. The van der Waals surface area contributed by atoms with E-state index >= 15 is 0 Å². The third kappa shape index (κ3) is 3.77. The second-order valence-corrected chi connectivity index (χ2v) is 7.90. The van der Waals surface area contributed by atoms with Crippen LogP contribution in [0.25, 0.3) is 16.0 Å². The summed E-state index contributed by atoms with van der Waals surface area (Å²) in [5.41, 5.74) is -0.684. The molecule has 158 valence electrons. The van der Waals surface area contributed by atoms with Gasteiger partial charge in [-0.2, -0.15) is 28.2 Å². The first kappa shape index (κ1) is 21.0. The fourth-order valence-electron chi connectivity index (χ4n) is 3.01. The maximum absolute atomic E-state index is 13.3. The van der Waals surface area contributed by atoms with Gasteiger partial charge in [0, 0.05) is 12.4 Å². The Bertz CT molecular complexity index is 1310. The molecular weight excluding hydrogens is 453 g/mol. The van der Waals surface area contributed by atoms with Crippen molar-refractivity contribution in [3.05, 3.63) is 52.3 Å². The third-order valence-corrected chi connectivity index (χ3v) is 5.81. The summed E-state index contributed by atoms with van der Waals surface area (Å²) in [6.45, 7) is 1.79. The summed E-state index contributed by atoms with van der Waals surface area (Å²) in [4.78, 5) is 18.7. The van der Waals surface area contributed by atoms with Gasteiger partial charge in [0.15, 0.2) is 5.82 Å². The number of benzene rings is 1. The molecule has 0 aliphatic rings. The van der Waals surface area contributed by atoms with E-state index in [1.165, 1.54) is 23.5 Å². The Hall–Kier alpha value is -3.30. The topological polar surface area (TPSA) is 96.4 Å². The van der Waals surface area contributed by atoms with Gasteiger partial charge in [-0.25, -0.2) is 19.9 Å². The van der Waals surface area contributed by atoms with Crippen molar-refractivity contribution in [3.8, 4) is 11.2 Å². The average Bonchev–Trinajstić information content (AvgIpc) is 3.40. The lowest BCUT2D eigenvalue weighted by atomic mass is 10.1. The number of thiazole rings is 1. The molecule has 0 bridgehead atoms. The van der Waals surface area contributed by atoms with Crippen molar-refractivity contribution < 1.29 is 13.2 Å². The lowest BCUT2D eigenvalue weighted by molar-refractivity contribution is -0.137. The van der Waals surface area contributed by atoms with Crippen LogP contribution in [0.5, 0.6) is 0 Å². The third-order valence-electron chi connectivity index (χ3n) is 4.65. The van der Waals surface area contributed by atoms with Crippen LogP contribution in [0.3, 0.4) is 0 Å². The van der Waals surface area contributed by atoms with Crippen LogP contribution in [-0.4, -0.2) is 36.8 Å². The molecule has 31 heavy (non-hydrogen) atoms. The van der Waals surface area contributed by atoms with Gasteiger partial charge in [-0.3, -0.25) is 0 Å². The first-order valence-corrected chi connectivity index (χ1v) is 9.90. The van der Waals surface area contributed by atoms with Crippen molar-refractivity contribution in [1.29, 1.82) is 5.26 Å². The van der Waals surface area contributed by atoms with Gasteiger partial charge in [0.25, 0.3) is 0 Å². The van der Waals surface area contributed by atoms with Gasteiger partial charge in [-0.05, 0) is 19.1 Å². The molecule has 0 radical (unpaired) electrons. The minimum atomic E-state index is -4.57. The molecule has 8 nitrogen and oxygen atoms in total. The van der Waals surface area contributed by atoms with Gasteiger partial charge in [0.1, 0.15) is 29.4 Å². The quantitative estimate of drug-likeness (QED) is 0.441. The number of rotatable bonds is 4. The molecule has 0 aliphatic heterocycles. The molecule has 0 amide bonds. The number of nitrogens with zero attached hydrogens (tertiary/aromatic N) is 8. The molecule has 3 aromatic heterocycles. The average molecular weight is 465 g/mol. The van der Waals surface area contributed by atoms with E-state index in [9.17, 15) is 13.2 Å². The zero-order valence-electron chi connectivity index (χ0n) is 16.0. The molecule has 4 aromatic rings. The van der Waals surface area contributed by atoms with Crippen LogP contribution in [0.15, 0.2) is 31.0 Å². The van der Waals surface area contributed by atoms with E-state index in [0.29, 0.717) is 15.8 Å². The predicted molar refractivity (Wildman–Crippen MR) is 108 cm³/mol. The Labute approximate surface area is 182 Å². The predicted octanol–water partition coefficient (Wildman–Crippen LogP) is 4.41. The van der Waals surface area contributed by atoms with Crippen LogP contribution >= 0.6 is 22.9 Å². The molecule has 13 heteroatoms. The van der Waals surface area contributed by atoms with Crippen molar-refractivity contribution in [2.24, 2.45) is 0 Å².